The monoisotopic (exact) mass is 1100 g/mol. The number of rotatable bonds is 7. The van der Waals surface area contributed by atoms with Gasteiger partial charge in [-0.15, -0.1) is 0 Å². The maximum atomic E-state index is 6.26. The fraction of sp³-hybridized carbons (Fsp3) is 0.0238. The molecule has 1 unspecified atom stereocenters. The van der Waals surface area contributed by atoms with E-state index in [1.165, 1.54) is 116 Å². The van der Waals surface area contributed by atoms with Gasteiger partial charge in [0.15, 0.2) is 0 Å². The minimum Gasteiger partial charge on any atom is -0.456 e. The van der Waals surface area contributed by atoms with Gasteiger partial charge in [-0.1, -0.05) is 243 Å². The molecule has 3 aliphatic rings. The number of anilines is 3. The third-order valence-electron chi connectivity index (χ3n) is 19.6. The Kier molecular flexibility index (Phi) is 10.0. The molecule has 87 heavy (non-hydrogen) atoms. The van der Waals surface area contributed by atoms with Crippen molar-refractivity contribution in [3.63, 3.8) is 0 Å². The van der Waals surface area contributed by atoms with Gasteiger partial charge in [0.1, 0.15) is 11.2 Å². The Labute approximate surface area is 503 Å². The van der Waals surface area contributed by atoms with Crippen LogP contribution in [0.5, 0.6) is 0 Å². The zero-order valence-corrected chi connectivity index (χ0v) is 47.3. The second kappa shape index (κ2) is 18.1. The zero-order chi connectivity index (χ0) is 57.0. The Morgan fingerprint density at radius 1 is 0.299 bits per heavy atom. The third-order valence-corrected chi connectivity index (χ3v) is 19.6. The average molecular weight is 1110 g/mol. The minimum absolute atomic E-state index is 0.530. The van der Waals surface area contributed by atoms with Crippen molar-refractivity contribution in [3.8, 4) is 50.2 Å². The van der Waals surface area contributed by atoms with E-state index in [0.29, 0.717) is 0 Å². The summed E-state index contributed by atoms with van der Waals surface area (Å²) in [4.78, 5) is 2.49. The van der Waals surface area contributed by atoms with E-state index < -0.39 is 10.8 Å². The van der Waals surface area contributed by atoms with E-state index >= 15 is 0 Å². The Balaban J connectivity index is 0.778. The molecule has 3 heteroatoms. The van der Waals surface area contributed by atoms with Crippen molar-refractivity contribution < 1.29 is 4.42 Å². The molecule has 0 amide bonds. The van der Waals surface area contributed by atoms with Crippen molar-refractivity contribution >= 4 is 71.6 Å². The molecule has 1 spiro atoms. The topological polar surface area (TPSA) is 21.3 Å². The highest BCUT2D eigenvalue weighted by Gasteiger charge is 2.51. The van der Waals surface area contributed by atoms with Crippen LogP contribution in [0.25, 0.3) is 105 Å². The summed E-state index contributed by atoms with van der Waals surface area (Å²) < 4.78 is 8.79. The van der Waals surface area contributed by atoms with E-state index in [1.807, 2.05) is 12.1 Å². The number of hydrogen-bond acceptors (Lipinski definition) is 2. The van der Waals surface area contributed by atoms with Gasteiger partial charge >= 0.3 is 0 Å². The normalized spacial score (nSPS) is 14.8. The van der Waals surface area contributed by atoms with Gasteiger partial charge in [-0.25, -0.2) is 0 Å². The van der Waals surface area contributed by atoms with Crippen LogP contribution in [-0.4, -0.2) is 4.57 Å². The first kappa shape index (κ1) is 48.1. The number of para-hydroxylation sites is 4. The van der Waals surface area contributed by atoms with Crippen LogP contribution in [0.15, 0.2) is 320 Å². The number of benzene rings is 14. The Morgan fingerprint density at radius 2 is 0.851 bits per heavy atom. The summed E-state index contributed by atoms with van der Waals surface area (Å²) in [5.41, 5.74) is 27.8. The quantitative estimate of drug-likeness (QED) is 0.159. The Morgan fingerprint density at radius 3 is 1.68 bits per heavy atom. The molecule has 3 nitrogen and oxygen atoms in total. The second-order valence-electron chi connectivity index (χ2n) is 23.8. The van der Waals surface area contributed by atoms with E-state index in [9.17, 15) is 0 Å². The van der Waals surface area contributed by atoms with Gasteiger partial charge in [0.2, 0.25) is 0 Å². The molecule has 2 aromatic heterocycles. The lowest BCUT2D eigenvalue weighted by molar-refractivity contribution is 0.669. The lowest BCUT2D eigenvalue weighted by atomic mass is 9.65. The predicted molar refractivity (Wildman–Crippen MR) is 359 cm³/mol. The number of fused-ring (bicyclic) bond motifs is 19. The van der Waals surface area contributed by atoms with E-state index in [0.717, 1.165) is 50.1 Å². The Bertz CT molecular complexity index is 5500. The van der Waals surface area contributed by atoms with Crippen LogP contribution in [0, 0.1) is 0 Å². The predicted octanol–water partition coefficient (Wildman–Crippen LogP) is 21.7. The average Bonchev–Trinajstić information content (AvgIpc) is 1.56. The summed E-state index contributed by atoms with van der Waals surface area (Å²) in [5.74, 6) is 0. The zero-order valence-electron chi connectivity index (χ0n) is 47.3. The first-order valence-corrected chi connectivity index (χ1v) is 30.2. The molecular weight excluding hydrogens is 1050 g/mol. The van der Waals surface area contributed by atoms with Gasteiger partial charge in [0.25, 0.3) is 0 Å². The van der Waals surface area contributed by atoms with Crippen LogP contribution >= 0.6 is 0 Å². The van der Waals surface area contributed by atoms with E-state index in [1.54, 1.807) is 0 Å². The highest BCUT2D eigenvalue weighted by atomic mass is 16.3. The maximum Gasteiger partial charge on any atom is 0.135 e. The summed E-state index contributed by atoms with van der Waals surface area (Å²) in [6.07, 6.45) is 0. The van der Waals surface area contributed by atoms with Crippen molar-refractivity contribution in [3.05, 3.63) is 360 Å². The first-order chi connectivity index (χ1) is 43.1. The summed E-state index contributed by atoms with van der Waals surface area (Å²) in [5, 5.41) is 7.16. The molecule has 0 saturated carbocycles. The number of nitrogens with zero attached hydrogens (tertiary/aromatic N) is 2. The second-order valence-corrected chi connectivity index (χ2v) is 23.8. The van der Waals surface area contributed by atoms with E-state index in [4.69, 9.17) is 4.42 Å². The first-order valence-electron chi connectivity index (χ1n) is 30.2. The molecule has 0 bridgehead atoms. The van der Waals surface area contributed by atoms with Crippen molar-refractivity contribution in [1.82, 2.24) is 4.57 Å². The highest BCUT2D eigenvalue weighted by molar-refractivity contribution is 6.13. The molecular formula is C84H52N2O. The lowest BCUT2D eigenvalue weighted by Gasteiger charge is -2.39. The van der Waals surface area contributed by atoms with Gasteiger partial charge in [0.05, 0.1) is 33.2 Å². The molecule has 0 radical (unpaired) electrons. The molecule has 3 heterocycles. The van der Waals surface area contributed by atoms with Crippen molar-refractivity contribution in [2.24, 2.45) is 0 Å². The van der Waals surface area contributed by atoms with Crippen LogP contribution in [0.3, 0.4) is 0 Å². The number of hydrogen-bond donors (Lipinski definition) is 0. The van der Waals surface area contributed by atoms with E-state index in [-0.39, 0.29) is 0 Å². The SMILES string of the molecule is c1ccc(C2(c3ccccc3)c3ccccc3-c3c(N(c4ccc(-c5ccc6oc7ccccc7c6c5)cc4)c4ccc5cc(-c6ccc7c(c6)C6(c8ccccc8-7)c7ccccc7-n7c8ccccc8c8cccc6c87)ccc5c4)cccc32)cc1. The van der Waals surface area contributed by atoms with Crippen LogP contribution < -0.4 is 4.90 Å². The standard InChI is InChI=1S/C84H52N2O/c1-3-19-59(20-4-1)83(60-21-5-2-6-22-60)71-29-12-8-26-68(71)81-73(83)31-18-35-78(81)85(61-44-39-53(40-45-61)57-43-48-80-69(51-57)66-25-10-16-36-79(66)87-80)62-46-41-55-49-54(37-38-56(55)50-62)58-42-47-64-63-23-7-11-28-70(63)84(75(64)52-58)72-30-13-15-34-77(72)86-76-33-14-9-24-65(76)67-27-17-32-74(84)82(67)86/h1-52H. The largest absolute Gasteiger partial charge is 0.456 e. The van der Waals surface area contributed by atoms with Gasteiger partial charge < -0.3 is 13.9 Å². The summed E-state index contributed by atoms with van der Waals surface area (Å²) in [6, 6.07) is 118. The molecule has 14 aromatic carbocycles. The van der Waals surface area contributed by atoms with Gasteiger partial charge in [-0.05, 0) is 167 Å². The van der Waals surface area contributed by atoms with Gasteiger partial charge in [0, 0.05) is 38.5 Å². The van der Waals surface area contributed by atoms with Gasteiger partial charge in [-0.2, -0.15) is 0 Å². The molecule has 16 aromatic rings. The van der Waals surface area contributed by atoms with Crippen LogP contribution in [-0.2, 0) is 10.8 Å². The molecule has 1 atom stereocenters. The smallest absolute Gasteiger partial charge is 0.135 e. The summed E-state index contributed by atoms with van der Waals surface area (Å²) >= 11 is 0. The van der Waals surface area contributed by atoms with Crippen LogP contribution in [0.1, 0.15) is 44.5 Å². The molecule has 2 aliphatic carbocycles. The van der Waals surface area contributed by atoms with Crippen molar-refractivity contribution in [2.45, 2.75) is 10.8 Å². The summed E-state index contributed by atoms with van der Waals surface area (Å²) in [7, 11) is 0. The molecule has 0 fully saturated rings. The Hall–Kier alpha value is -11.3. The fourth-order valence-corrected chi connectivity index (χ4v) is 16.1. The summed E-state index contributed by atoms with van der Waals surface area (Å²) in [6.45, 7) is 0. The molecule has 0 saturated heterocycles. The third kappa shape index (κ3) is 6.55. The van der Waals surface area contributed by atoms with Crippen LogP contribution in [0.2, 0.25) is 0 Å². The maximum absolute atomic E-state index is 6.26. The number of furan rings is 1. The molecule has 0 N–H and O–H groups in total. The van der Waals surface area contributed by atoms with E-state index in [2.05, 4.69) is 313 Å². The fourth-order valence-electron chi connectivity index (χ4n) is 16.1. The lowest BCUT2D eigenvalue weighted by Crippen LogP contribution is -2.33. The van der Waals surface area contributed by atoms with Crippen molar-refractivity contribution in [2.75, 3.05) is 4.90 Å². The molecule has 19 rings (SSSR count). The molecule has 404 valence electrons. The molecule has 1 aliphatic heterocycles. The highest BCUT2D eigenvalue weighted by Crippen LogP contribution is 2.63. The minimum atomic E-state index is -0.552. The van der Waals surface area contributed by atoms with Gasteiger partial charge in [-0.3, -0.25) is 0 Å². The van der Waals surface area contributed by atoms with Crippen molar-refractivity contribution in [1.29, 1.82) is 0 Å². The van der Waals surface area contributed by atoms with Crippen LogP contribution in [0.4, 0.5) is 17.1 Å². The number of aromatic nitrogens is 1.